The van der Waals surface area contributed by atoms with Crippen molar-refractivity contribution in [3.05, 3.63) is 53.6 Å². The van der Waals surface area contributed by atoms with Crippen molar-refractivity contribution >= 4 is 11.5 Å². The molecule has 0 saturated carbocycles. The van der Waals surface area contributed by atoms with Gasteiger partial charge < -0.3 is 15.2 Å². The molecule has 98 valence electrons. The number of ether oxygens (including phenoxy) is 2. The standard InChI is InChI=1S/C15H15NO3/c1-18-12-6-3-10(4-7-12)15(17)11-5-8-13(16)14(9-11)19-2/h3-9H,16H2,1-2H3. The van der Waals surface area contributed by atoms with Crippen LogP contribution in [0.2, 0.25) is 0 Å². The van der Waals surface area contributed by atoms with Crippen molar-refractivity contribution in [2.24, 2.45) is 0 Å². The Morgan fingerprint density at radius 3 is 2.16 bits per heavy atom. The molecule has 19 heavy (non-hydrogen) atoms. The minimum atomic E-state index is -0.0825. The Bertz CT molecular complexity index is 591. The zero-order valence-electron chi connectivity index (χ0n) is 10.8. The summed E-state index contributed by atoms with van der Waals surface area (Å²) < 4.78 is 10.2. The van der Waals surface area contributed by atoms with E-state index in [1.807, 2.05) is 0 Å². The number of methoxy groups -OCH3 is 2. The molecule has 0 aliphatic rings. The monoisotopic (exact) mass is 257 g/mol. The Kier molecular flexibility index (Phi) is 3.71. The molecule has 2 aromatic carbocycles. The second-order valence-electron chi connectivity index (χ2n) is 4.01. The van der Waals surface area contributed by atoms with Gasteiger partial charge in [-0.1, -0.05) is 0 Å². The molecule has 0 spiro atoms. The SMILES string of the molecule is COc1ccc(C(=O)c2ccc(N)c(OC)c2)cc1. The first kappa shape index (κ1) is 13.0. The Labute approximate surface area is 111 Å². The molecule has 2 N–H and O–H groups in total. The van der Waals surface area contributed by atoms with E-state index in [-0.39, 0.29) is 5.78 Å². The van der Waals surface area contributed by atoms with E-state index in [0.29, 0.717) is 28.3 Å². The van der Waals surface area contributed by atoms with Crippen LogP contribution in [0.1, 0.15) is 15.9 Å². The number of hydrogen-bond acceptors (Lipinski definition) is 4. The zero-order valence-corrected chi connectivity index (χ0v) is 10.8. The first-order valence-electron chi connectivity index (χ1n) is 5.78. The second kappa shape index (κ2) is 5.44. The highest BCUT2D eigenvalue weighted by Gasteiger charge is 2.11. The molecule has 0 aromatic heterocycles. The summed E-state index contributed by atoms with van der Waals surface area (Å²) in [4.78, 5) is 12.3. The summed E-state index contributed by atoms with van der Waals surface area (Å²) in [7, 11) is 3.11. The van der Waals surface area contributed by atoms with Crippen LogP contribution in [0.25, 0.3) is 0 Å². The lowest BCUT2D eigenvalue weighted by Gasteiger charge is -2.07. The van der Waals surface area contributed by atoms with E-state index >= 15 is 0 Å². The molecule has 0 unspecified atom stereocenters. The number of anilines is 1. The molecule has 0 fully saturated rings. The third-order valence-electron chi connectivity index (χ3n) is 2.85. The highest BCUT2D eigenvalue weighted by atomic mass is 16.5. The topological polar surface area (TPSA) is 61.5 Å². The molecule has 0 aliphatic carbocycles. The summed E-state index contributed by atoms with van der Waals surface area (Å²) in [5.41, 5.74) is 7.36. The van der Waals surface area contributed by atoms with Gasteiger partial charge in [-0.05, 0) is 42.5 Å². The number of nitrogen functional groups attached to an aromatic ring is 1. The molecule has 0 heterocycles. The third-order valence-corrected chi connectivity index (χ3v) is 2.85. The summed E-state index contributed by atoms with van der Waals surface area (Å²) >= 11 is 0. The molecule has 2 rings (SSSR count). The molecule has 2 aromatic rings. The maximum atomic E-state index is 12.3. The number of rotatable bonds is 4. The molecule has 0 saturated heterocycles. The third kappa shape index (κ3) is 2.68. The number of benzene rings is 2. The lowest BCUT2D eigenvalue weighted by atomic mass is 10.0. The van der Waals surface area contributed by atoms with E-state index in [1.54, 1.807) is 49.6 Å². The fraction of sp³-hybridized carbons (Fsp3) is 0.133. The Hall–Kier alpha value is -2.49. The molecule has 0 aliphatic heterocycles. The Morgan fingerprint density at radius 2 is 1.58 bits per heavy atom. The van der Waals surface area contributed by atoms with Crippen molar-refractivity contribution in [1.29, 1.82) is 0 Å². The summed E-state index contributed by atoms with van der Waals surface area (Å²) in [6.45, 7) is 0. The van der Waals surface area contributed by atoms with Gasteiger partial charge in [0, 0.05) is 11.1 Å². The quantitative estimate of drug-likeness (QED) is 0.675. The van der Waals surface area contributed by atoms with Gasteiger partial charge in [-0.15, -0.1) is 0 Å². The number of nitrogens with two attached hydrogens (primary N) is 1. The smallest absolute Gasteiger partial charge is 0.193 e. The van der Waals surface area contributed by atoms with E-state index in [2.05, 4.69) is 0 Å². The molecular formula is C15H15NO3. The van der Waals surface area contributed by atoms with Gasteiger partial charge in [-0.3, -0.25) is 4.79 Å². The van der Waals surface area contributed by atoms with Crippen LogP contribution in [0.3, 0.4) is 0 Å². The van der Waals surface area contributed by atoms with Gasteiger partial charge in [0.1, 0.15) is 11.5 Å². The summed E-state index contributed by atoms with van der Waals surface area (Å²) in [6.07, 6.45) is 0. The van der Waals surface area contributed by atoms with E-state index in [9.17, 15) is 4.79 Å². The first-order valence-corrected chi connectivity index (χ1v) is 5.78. The number of ketones is 1. The molecule has 4 heteroatoms. The van der Waals surface area contributed by atoms with Crippen molar-refractivity contribution in [2.45, 2.75) is 0 Å². The van der Waals surface area contributed by atoms with Crippen molar-refractivity contribution < 1.29 is 14.3 Å². The number of carbonyl (C=O) groups excluding carboxylic acids is 1. The average molecular weight is 257 g/mol. The zero-order chi connectivity index (χ0) is 13.8. The van der Waals surface area contributed by atoms with Crippen molar-refractivity contribution in [1.82, 2.24) is 0 Å². The first-order chi connectivity index (χ1) is 9.15. The predicted molar refractivity (Wildman–Crippen MR) is 73.8 cm³/mol. The largest absolute Gasteiger partial charge is 0.497 e. The summed E-state index contributed by atoms with van der Waals surface area (Å²) in [5, 5.41) is 0. The van der Waals surface area contributed by atoms with E-state index in [4.69, 9.17) is 15.2 Å². The average Bonchev–Trinajstić information content (AvgIpc) is 2.47. The minimum absolute atomic E-state index is 0.0825. The van der Waals surface area contributed by atoms with Gasteiger partial charge >= 0.3 is 0 Å². The predicted octanol–water partition coefficient (Wildman–Crippen LogP) is 2.52. The normalized spacial score (nSPS) is 10.0. The van der Waals surface area contributed by atoms with Crippen LogP contribution in [0.15, 0.2) is 42.5 Å². The fourth-order valence-corrected chi connectivity index (χ4v) is 1.76. The second-order valence-corrected chi connectivity index (χ2v) is 4.01. The highest BCUT2D eigenvalue weighted by Crippen LogP contribution is 2.24. The van der Waals surface area contributed by atoms with Gasteiger partial charge in [-0.2, -0.15) is 0 Å². The molecule has 0 bridgehead atoms. The molecule has 4 nitrogen and oxygen atoms in total. The van der Waals surface area contributed by atoms with Crippen molar-refractivity contribution in [3.63, 3.8) is 0 Å². The molecular weight excluding hydrogens is 242 g/mol. The number of hydrogen-bond donors (Lipinski definition) is 1. The van der Waals surface area contributed by atoms with Crippen LogP contribution in [0.5, 0.6) is 11.5 Å². The Balaban J connectivity index is 2.32. The number of carbonyl (C=O) groups is 1. The van der Waals surface area contributed by atoms with E-state index in [0.717, 1.165) is 0 Å². The molecule has 0 radical (unpaired) electrons. The van der Waals surface area contributed by atoms with Crippen LogP contribution >= 0.6 is 0 Å². The summed E-state index contributed by atoms with van der Waals surface area (Å²) in [6, 6.07) is 11.9. The maximum Gasteiger partial charge on any atom is 0.193 e. The van der Waals surface area contributed by atoms with Gasteiger partial charge in [0.25, 0.3) is 0 Å². The van der Waals surface area contributed by atoms with Crippen LogP contribution in [0, 0.1) is 0 Å². The minimum Gasteiger partial charge on any atom is -0.497 e. The van der Waals surface area contributed by atoms with E-state index < -0.39 is 0 Å². The van der Waals surface area contributed by atoms with Crippen LogP contribution in [-0.2, 0) is 0 Å². The van der Waals surface area contributed by atoms with Crippen LogP contribution in [0.4, 0.5) is 5.69 Å². The highest BCUT2D eigenvalue weighted by molar-refractivity contribution is 6.09. The van der Waals surface area contributed by atoms with Crippen LogP contribution in [-0.4, -0.2) is 20.0 Å². The van der Waals surface area contributed by atoms with Gasteiger partial charge in [0.15, 0.2) is 5.78 Å². The van der Waals surface area contributed by atoms with Gasteiger partial charge in [0.05, 0.1) is 19.9 Å². The Morgan fingerprint density at radius 1 is 0.947 bits per heavy atom. The van der Waals surface area contributed by atoms with Crippen LogP contribution < -0.4 is 15.2 Å². The van der Waals surface area contributed by atoms with Crippen molar-refractivity contribution in [2.75, 3.05) is 20.0 Å². The van der Waals surface area contributed by atoms with Gasteiger partial charge in [-0.25, -0.2) is 0 Å². The molecule has 0 amide bonds. The summed E-state index contributed by atoms with van der Waals surface area (Å²) in [5.74, 6) is 1.13. The van der Waals surface area contributed by atoms with Crippen molar-refractivity contribution in [3.8, 4) is 11.5 Å². The van der Waals surface area contributed by atoms with Gasteiger partial charge in [0.2, 0.25) is 0 Å². The fourth-order valence-electron chi connectivity index (χ4n) is 1.76. The maximum absolute atomic E-state index is 12.3. The lowest BCUT2D eigenvalue weighted by Crippen LogP contribution is -2.03. The molecule has 0 atom stereocenters. The lowest BCUT2D eigenvalue weighted by molar-refractivity contribution is 0.103. The van der Waals surface area contributed by atoms with E-state index in [1.165, 1.54) is 7.11 Å².